The van der Waals surface area contributed by atoms with Gasteiger partial charge in [-0.3, -0.25) is 10.1 Å². The van der Waals surface area contributed by atoms with Gasteiger partial charge in [0.05, 0.1) is 18.1 Å². The van der Waals surface area contributed by atoms with Gasteiger partial charge in [0.15, 0.2) is 0 Å². The molecule has 6 heteroatoms. The molecular weight excluding hydrogens is 296 g/mol. The molecule has 0 spiro atoms. The molecule has 2 aromatic rings. The molecule has 0 saturated carbocycles. The highest BCUT2D eigenvalue weighted by atomic mass is 16.6. The first kappa shape index (κ1) is 16.8. The lowest BCUT2D eigenvalue weighted by Crippen LogP contribution is -2.07. The normalized spacial score (nSPS) is 11.8. The highest BCUT2D eigenvalue weighted by Crippen LogP contribution is 2.26. The summed E-state index contributed by atoms with van der Waals surface area (Å²) in [5.41, 5.74) is 2.58. The third-order valence-corrected chi connectivity index (χ3v) is 3.52. The second-order valence-electron chi connectivity index (χ2n) is 5.13. The summed E-state index contributed by atoms with van der Waals surface area (Å²) < 4.78 is 5.46. The molecule has 122 valence electrons. The van der Waals surface area contributed by atoms with E-state index in [2.05, 4.69) is 5.32 Å². The standard InChI is InChI=1S/C17H20N2O4/c1-3-23-17-9-6-15(10-14(17)11-20)18-12(2)13-4-7-16(8-5-13)19(21)22/h4-10,12,18,20H,3,11H2,1-2H3. The second-order valence-corrected chi connectivity index (χ2v) is 5.13. The van der Waals surface area contributed by atoms with Gasteiger partial charge in [0, 0.05) is 29.4 Å². The Kier molecular flexibility index (Phi) is 5.54. The minimum absolute atomic E-state index is 0.0275. The summed E-state index contributed by atoms with van der Waals surface area (Å²) >= 11 is 0. The van der Waals surface area contributed by atoms with Gasteiger partial charge in [-0.2, -0.15) is 0 Å². The summed E-state index contributed by atoms with van der Waals surface area (Å²) in [6.07, 6.45) is 0. The number of anilines is 1. The van der Waals surface area contributed by atoms with Crippen molar-refractivity contribution in [2.45, 2.75) is 26.5 Å². The minimum Gasteiger partial charge on any atom is -0.494 e. The largest absolute Gasteiger partial charge is 0.494 e. The quantitative estimate of drug-likeness (QED) is 0.601. The lowest BCUT2D eigenvalue weighted by atomic mass is 10.1. The molecule has 2 aromatic carbocycles. The van der Waals surface area contributed by atoms with Crippen molar-refractivity contribution in [3.05, 3.63) is 63.7 Å². The number of nitrogens with one attached hydrogen (secondary N) is 1. The number of nitro groups is 1. The number of rotatable bonds is 7. The molecule has 2 rings (SSSR count). The molecule has 2 N–H and O–H groups in total. The van der Waals surface area contributed by atoms with Gasteiger partial charge in [0.1, 0.15) is 5.75 Å². The van der Waals surface area contributed by atoms with Gasteiger partial charge in [-0.15, -0.1) is 0 Å². The monoisotopic (exact) mass is 316 g/mol. The zero-order chi connectivity index (χ0) is 16.8. The fourth-order valence-corrected chi connectivity index (χ4v) is 2.31. The van der Waals surface area contributed by atoms with E-state index in [0.717, 1.165) is 11.3 Å². The fraction of sp³-hybridized carbons (Fsp3) is 0.294. The van der Waals surface area contributed by atoms with E-state index < -0.39 is 4.92 Å². The number of aliphatic hydroxyl groups is 1. The predicted octanol–water partition coefficient (Wildman–Crippen LogP) is 3.66. The molecule has 0 amide bonds. The number of hydrogen-bond donors (Lipinski definition) is 2. The maximum Gasteiger partial charge on any atom is 0.269 e. The molecule has 1 atom stereocenters. The van der Waals surface area contributed by atoms with Gasteiger partial charge in [0.2, 0.25) is 0 Å². The van der Waals surface area contributed by atoms with E-state index in [-0.39, 0.29) is 18.3 Å². The van der Waals surface area contributed by atoms with Crippen LogP contribution >= 0.6 is 0 Å². The zero-order valence-electron chi connectivity index (χ0n) is 13.2. The van der Waals surface area contributed by atoms with Crippen molar-refractivity contribution in [1.29, 1.82) is 0 Å². The summed E-state index contributed by atoms with van der Waals surface area (Å²) in [6, 6.07) is 12.0. The summed E-state index contributed by atoms with van der Waals surface area (Å²) in [5, 5.41) is 23.4. The Morgan fingerprint density at radius 2 is 1.96 bits per heavy atom. The molecule has 0 heterocycles. The molecule has 0 aliphatic rings. The first-order valence-corrected chi connectivity index (χ1v) is 7.42. The van der Waals surface area contributed by atoms with Crippen LogP contribution in [0.15, 0.2) is 42.5 Å². The van der Waals surface area contributed by atoms with E-state index in [0.29, 0.717) is 17.9 Å². The van der Waals surface area contributed by atoms with Crippen molar-refractivity contribution in [1.82, 2.24) is 0 Å². The van der Waals surface area contributed by atoms with Crippen LogP contribution in [0.4, 0.5) is 11.4 Å². The Hall–Kier alpha value is -2.60. The Morgan fingerprint density at radius 3 is 2.52 bits per heavy atom. The number of non-ortho nitro benzene ring substituents is 1. The molecule has 0 aliphatic heterocycles. The van der Waals surface area contributed by atoms with Crippen LogP contribution in [0.3, 0.4) is 0 Å². The molecule has 0 radical (unpaired) electrons. The number of aliphatic hydroxyl groups excluding tert-OH is 1. The van der Waals surface area contributed by atoms with Crippen LogP contribution in [0.2, 0.25) is 0 Å². The predicted molar refractivity (Wildman–Crippen MR) is 88.7 cm³/mol. The van der Waals surface area contributed by atoms with Crippen molar-refractivity contribution in [3.8, 4) is 5.75 Å². The van der Waals surface area contributed by atoms with E-state index in [9.17, 15) is 15.2 Å². The maximum atomic E-state index is 10.7. The smallest absolute Gasteiger partial charge is 0.269 e. The lowest BCUT2D eigenvalue weighted by molar-refractivity contribution is -0.384. The number of benzene rings is 2. The van der Waals surface area contributed by atoms with Crippen LogP contribution in [0, 0.1) is 10.1 Å². The minimum atomic E-state index is -0.415. The summed E-state index contributed by atoms with van der Waals surface area (Å²) in [4.78, 5) is 10.3. The van der Waals surface area contributed by atoms with Crippen LogP contribution in [0.25, 0.3) is 0 Å². The van der Waals surface area contributed by atoms with Gasteiger partial charge >= 0.3 is 0 Å². The van der Waals surface area contributed by atoms with Crippen molar-refractivity contribution in [3.63, 3.8) is 0 Å². The highest BCUT2D eigenvalue weighted by molar-refractivity contribution is 5.52. The average Bonchev–Trinajstić information content (AvgIpc) is 2.56. The van der Waals surface area contributed by atoms with Crippen molar-refractivity contribution in [2.24, 2.45) is 0 Å². The lowest BCUT2D eigenvalue weighted by Gasteiger charge is -2.17. The molecule has 1 unspecified atom stereocenters. The summed E-state index contributed by atoms with van der Waals surface area (Å²) in [6.45, 7) is 4.30. The summed E-state index contributed by atoms with van der Waals surface area (Å²) in [7, 11) is 0. The van der Waals surface area contributed by atoms with E-state index in [1.54, 1.807) is 12.1 Å². The van der Waals surface area contributed by atoms with Crippen LogP contribution in [0.5, 0.6) is 5.75 Å². The van der Waals surface area contributed by atoms with Crippen molar-refractivity contribution < 1.29 is 14.8 Å². The number of nitrogens with zero attached hydrogens (tertiary/aromatic N) is 1. The van der Waals surface area contributed by atoms with E-state index in [4.69, 9.17) is 4.74 Å². The van der Waals surface area contributed by atoms with Gasteiger partial charge in [-0.05, 0) is 37.6 Å². The van der Waals surface area contributed by atoms with Crippen LogP contribution < -0.4 is 10.1 Å². The molecule has 0 aromatic heterocycles. The van der Waals surface area contributed by atoms with Crippen LogP contribution in [-0.4, -0.2) is 16.6 Å². The summed E-state index contributed by atoms with van der Waals surface area (Å²) in [5.74, 6) is 0.670. The number of ether oxygens (including phenoxy) is 1. The first-order chi connectivity index (χ1) is 11.0. The zero-order valence-corrected chi connectivity index (χ0v) is 13.2. The van der Waals surface area contributed by atoms with Crippen molar-refractivity contribution >= 4 is 11.4 Å². The van der Waals surface area contributed by atoms with Crippen LogP contribution in [0.1, 0.15) is 31.0 Å². The first-order valence-electron chi connectivity index (χ1n) is 7.42. The van der Waals surface area contributed by atoms with E-state index in [1.165, 1.54) is 12.1 Å². The molecule has 6 nitrogen and oxygen atoms in total. The Labute approximate surface area is 134 Å². The third kappa shape index (κ3) is 4.20. The average molecular weight is 316 g/mol. The molecule has 0 aliphatic carbocycles. The van der Waals surface area contributed by atoms with Gasteiger partial charge in [-0.25, -0.2) is 0 Å². The van der Waals surface area contributed by atoms with Gasteiger partial charge in [0.25, 0.3) is 5.69 Å². The number of nitro benzene ring substituents is 1. The molecule has 23 heavy (non-hydrogen) atoms. The van der Waals surface area contributed by atoms with Crippen LogP contribution in [-0.2, 0) is 6.61 Å². The highest BCUT2D eigenvalue weighted by Gasteiger charge is 2.10. The molecular formula is C17H20N2O4. The van der Waals surface area contributed by atoms with Crippen molar-refractivity contribution in [2.75, 3.05) is 11.9 Å². The van der Waals surface area contributed by atoms with Gasteiger partial charge in [-0.1, -0.05) is 12.1 Å². The third-order valence-electron chi connectivity index (χ3n) is 3.52. The molecule has 0 fully saturated rings. The molecule has 0 bridgehead atoms. The Morgan fingerprint density at radius 1 is 1.26 bits per heavy atom. The molecule has 0 saturated heterocycles. The SMILES string of the molecule is CCOc1ccc(NC(C)c2ccc([N+](=O)[O-])cc2)cc1CO. The number of hydrogen-bond acceptors (Lipinski definition) is 5. The Balaban J connectivity index is 2.13. The van der Waals surface area contributed by atoms with E-state index >= 15 is 0 Å². The second kappa shape index (κ2) is 7.60. The van der Waals surface area contributed by atoms with E-state index in [1.807, 2.05) is 32.0 Å². The fourth-order valence-electron chi connectivity index (χ4n) is 2.31. The van der Waals surface area contributed by atoms with Gasteiger partial charge < -0.3 is 15.2 Å². The topological polar surface area (TPSA) is 84.6 Å². The Bertz CT molecular complexity index is 671. The maximum absolute atomic E-state index is 10.7.